The Bertz CT molecular complexity index is 1150. The number of hydrogen-bond acceptors (Lipinski definition) is 4. The lowest BCUT2D eigenvalue weighted by atomic mass is 9.63. The van der Waals surface area contributed by atoms with Crippen molar-refractivity contribution in [3.8, 4) is 5.75 Å². The molecule has 1 heterocycles. The van der Waals surface area contributed by atoms with Crippen LogP contribution in [0.5, 0.6) is 5.75 Å². The Hall–Kier alpha value is -3.21. The molecule has 6 atom stereocenters. The fourth-order valence-electron chi connectivity index (χ4n) is 6.59. The number of rotatable bonds is 6. The van der Waals surface area contributed by atoms with Gasteiger partial charge in [0.1, 0.15) is 5.75 Å². The molecule has 1 saturated heterocycles. The molecule has 2 saturated carbocycles. The summed E-state index contributed by atoms with van der Waals surface area (Å²) in [6, 6.07) is 17.8. The van der Waals surface area contributed by atoms with Crippen LogP contribution in [0.2, 0.25) is 0 Å². The Balaban J connectivity index is 1.07. The van der Waals surface area contributed by atoms with Crippen molar-refractivity contribution in [1.82, 2.24) is 4.90 Å². The largest absolute Gasteiger partial charge is 0.426 e. The molecule has 5 heteroatoms. The summed E-state index contributed by atoms with van der Waals surface area (Å²) in [7, 11) is 0. The highest BCUT2D eigenvalue weighted by Gasteiger charge is 2.66. The van der Waals surface area contributed by atoms with Crippen LogP contribution in [0.3, 0.4) is 0 Å². The summed E-state index contributed by atoms with van der Waals surface area (Å²) < 4.78 is 5.51. The fourth-order valence-corrected chi connectivity index (χ4v) is 6.59. The first-order valence-electron chi connectivity index (χ1n) is 12.3. The molecule has 3 fully saturated rings. The smallest absolute Gasteiger partial charge is 0.312 e. The molecule has 2 amide bonds. The van der Waals surface area contributed by atoms with Gasteiger partial charge in [-0.1, -0.05) is 68.5 Å². The third-order valence-electron chi connectivity index (χ3n) is 8.60. The highest BCUT2D eigenvalue weighted by molar-refractivity contribution is 6.06. The number of ether oxygens (including phenoxy) is 1. The molecule has 5 aliphatic rings. The van der Waals surface area contributed by atoms with Crippen LogP contribution in [0.25, 0.3) is 0 Å². The molecule has 1 aliphatic heterocycles. The number of imide groups is 1. The molecule has 4 aliphatic carbocycles. The Labute approximate surface area is 199 Å². The molecule has 2 bridgehead atoms. The van der Waals surface area contributed by atoms with E-state index < -0.39 is 5.97 Å². The molecule has 34 heavy (non-hydrogen) atoms. The highest BCUT2D eigenvalue weighted by Crippen LogP contribution is 2.65. The average Bonchev–Trinajstić information content (AvgIpc) is 3.63. The molecule has 0 radical (unpaired) electrons. The minimum absolute atomic E-state index is 0.00377. The van der Waals surface area contributed by atoms with Gasteiger partial charge in [-0.25, -0.2) is 0 Å². The lowest BCUT2D eigenvalue weighted by Gasteiger charge is -2.37. The topological polar surface area (TPSA) is 63.7 Å². The molecule has 0 N–H and O–H groups in total. The van der Waals surface area contributed by atoms with Crippen molar-refractivity contribution >= 4 is 17.8 Å². The molecule has 0 aromatic heterocycles. The molecule has 2 aromatic carbocycles. The number of benzene rings is 2. The van der Waals surface area contributed by atoms with Crippen molar-refractivity contribution < 1.29 is 19.1 Å². The van der Waals surface area contributed by atoms with Gasteiger partial charge in [0.2, 0.25) is 11.8 Å². The van der Waals surface area contributed by atoms with Crippen molar-refractivity contribution in [1.29, 1.82) is 0 Å². The minimum Gasteiger partial charge on any atom is -0.426 e. The van der Waals surface area contributed by atoms with E-state index in [0.29, 0.717) is 17.6 Å². The minimum atomic E-state index is -0.436. The predicted molar refractivity (Wildman–Crippen MR) is 127 cm³/mol. The van der Waals surface area contributed by atoms with Crippen molar-refractivity contribution in [2.75, 3.05) is 6.54 Å². The van der Waals surface area contributed by atoms with E-state index in [4.69, 9.17) is 4.74 Å². The van der Waals surface area contributed by atoms with Gasteiger partial charge in [-0.05, 0) is 53.4 Å². The van der Waals surface area contributed by atoms with Gasteiger partial charge in [0.15, 0.2) is 0 Å². The zero-order valence-electron chi connectivity index (χ0n) is 19.5. The number of carbonyl (C=O) groups is 3. The average molecular weight is 456 g/mol. The Kier molecular flexibility index (Phi) is 4.80. The van der Waals surface area contributed by atoms with Gasteiger partial charge in [-0.2, -0.15) is 0 Å². The van der Waals surface area contributed by atoms with Crippen LogP contribution in [0, 0.1) is 35.5 Å². The normalized spacial score (nSPS) is 30.8. The van der Waals surface area contributed by atoms with Gasteiger partial charge < -0.3 is 4.74 Å². The SMILES string of the molecule is CC(C)(c1ccccc1)c1ccc(OC(=O)CCN2C(=O)[C@@H]3[C@H]4C=C[C@@H]([C@@H]5C[C@@H]45)[C@@H]3C2=O)cc1. The third kappa shape index (κ3) is 3.24. The van der Waals surface area contributed by atoms with Crippen molar-refractivity contribution in [3.05, 3.63) is 77.9 Å². The first-order valence-corrected chi connectivity index (χ1v) is 12.3. The van der Waals surface area contributed by atoms with E-state index >= 15 is 0 Å². The lowest BCUT2D eigenvalue weighted by Crippen LogP contribution is -2.40. The zero-order valence-corrected chi connectivity index (χ0v) is 19.5. The van der Waals surface area contributed by atoms with Crippen molar-refractivity contribution in [2.24, 2.45) is 35.5 Å². The first kappa shape index (κ1) is 21.3. The summed E-state index contributed by atoms with van der Waals surface area (Å²) in [5, 5.41) is 0. The Morgan fingerprint density at radius 1 is 0.882 bits per heavy atom. The van der Waals surface area contributed by atoms with E-state index in [1.807, 2.05) is 30.3 Å². The predicted octanol–water partition coefficient (Wildman–Crippen LogP) is 4.36. The number of amides is 2. The lowest BCUT2D eigenvalue weighted by molar-refractivity contribution is -0.141. The highest BCUT2D eigenvalue weighted by atomic mass is 16.5. The van der Waals surface area contributed by atoms with Crippen LogP contribution < -0.4 is 4.74 Å². The van der Waals surface area contributed by atoms with Gasteiger partial charge >= 0.3 is 5.97 Å². The zero-order chi connectivity index (χ0) is 23.6. The molecule has 2 aromatic rings. The van der Waals surface area contributed by atoms with Crippen LogP contribution in [-0.4, -0.2) is 29.2 Å². The van der Waals surface area contributed by atoms with E-state index in [1.165, 1.54) is 10.5 Å². The Morgan fingerprint density at radius 3 is 2.03 bits per heavy atom. The van der Waals surface area contributed by atoms with Crippen molar-refractivity contribution in [3.63, 3.8) is 0 Å². The van der Waals surface area contributed by atoms with Crippen LogP contribution in [0.1, 0.15) is 37.8 Å². The monoisotopic (exact) mass is 455 g/mol. The maximum absolute atomic E-state index is 13.0. The molecule has 0 unspecified atom stereocenters. The van der Waals surface area contributed by atoms with E-state index in [0.717, 1.165) is 12.0 Å². The van der Waals surface area contributed by atoms with E-state index in [1.54, 1.807) is 12.1 Å². The maximum Gasteiger partial charge on any atom is 0.312 e. The Morgan fingerprint density at radius 2 is 1.44 bits per heavy atom. The van der Waals surface area contributed by atoms with Gasteiger partial charge in [0, 0.05) is 12.0 Å². The second kappa shape index (κ2) is 7.66. The van der Waals surface area contributed by atoms with Gasteiger partial charge in [-0.15, -0.1) is 0 Å². The second-order valence-corrected chi connectivity index (χ2v) is 10.7. The number of hydrogen-bond donors (Lipinski definition) is 0. The first-order chi connectivity index (χ1) is 16.4. The maximum atomic E-state index is 13.0. The molecule has 5 nitrogen and oxygen atoms in total. The number of carbonyl (C=O) groups excluding carboxylic acids is 3. The number of nitrogens with zero attached hydrogens (tertiary/aromatic N) is 1. The molecular weight excluding hydrogens is 426 g/mol. The summed E-state index contributed by atoms with van der Waals surface area (Å²) in [5.74, 6) is 0.951. The van der Waals surface area contributed by atoms with Crippen LogP contribution in [-0.2, 0) is 19.8 Å². The van der Waals surface area contributed by atoms with Gasteiger partial charge in [-0.3, -0.25) is 19.3 Å². The van der Waals surface area contributed by atoms with Crippen LogP contribution in [0.4, 0.5) is 0 Å². The summed E-state index contributed by atoms with van der Waals surface area (Å²) in [4.78, 5) is 39.9. The van der Waals surface area contributed by atoms with Crippen LogP contribution in [0.15, 0.2) is 66.7 Å². The quantitative estimate of drug-likeness (QED) is 0.281. The fraction of sp³-hybridized carbons (Fsp3) is 0.414. The number of esters is 1. The number of allylic oxidation sites excluding steroid dienone is 2. The standard InChI is InChI=1S/C29H29NO4/c1-29(2,17-6-4-3-5-7-17)18-8-10-19(11-9-18)34-24(31)14-15-30-27(32)25-20-12-13-21(23-16-22(20)23)26(25)28(30)33/h3-13,20-23,25-26H,14-16H2,1-2H3/t20-,21-,22-,23-,25-,26+/m0/s1. The second-order valence-electron chi connectivity index (χ2n) is 10.7. The summed E-state index contributed by atoms with van der Waals surface area (Å²) in [5.41, 5.74) is 2.16. The van der Waals surface area contributed by atoms with E-state index in [2.05, 4.69) is 38.1 Å². The summed E-state index contributed by atoms with van der Waals surface area (Å²) in [6.45, 7) is 4.42. The summed E-state index contributed by atoms with van der Waals surface area (Å²) >= 11 is 0. The van der Waals surface area contributed by atoms with E-state index in [-0.39, 0.29) is 53.9 Å². The summed E-state index contributed by atoms with van der Waals surface area (Å²) in [6.07, 6.45) is 5.46. The van der Waals surface area contributed by atoms with E-state index in [9.17, 15) is 14.4 Å². The molecule has 7 rings (SSSR count). The number of likely N-dealkylation sites (tertiary alicyclic amines) is 1. The third-order valence-corrected chi connectivity index (χ3v) is 8.60. The van der Waals surface area contributed by atoms with Crippen LogP contribution >= 0.6 is 0 Å². The van der Waals surface area contributed by atoms with Crippen molar-refractivity contribution in [2.45, 2.75) is 32.1 Å². The van der Waals surface area contributed by atoms with Gasteiger partial charge in [0.05, 0.1) is 18.3 Å². The molecular formula is C29H29NO4. The molecule has 0 spiro atoms. The van der Waals surface area contributed by atoms with Gasteiger partial charge in [0.25, 0.3) is 0 Å². The molecule has 174 valence electrons.